The molecule has 0 bridgehead atoms. The fourth-order valence-electron chi connectivity index (χ4n) is 1.28. The fraction of sp³-hybridized carbons (Fsp3) is 0.300. The van der Waals surface area contributed by atoms with E-state index in [1.807, 2.05) is 0 Å². The van der Waals surface area contributed by atoms with Gasteiger partial charge in [-0.1, -0.05) is 28.3 Å². The number of halogens is 2. The van der Waals surface area contributed by atoms with E-state index >= 15 is 0 Å². The molecule has 1 rings (SSSR count). The highest BCUT2D eigenvalue weighted by atomic mass is 35.5. The Bertz CT molecular complexity index is 456. The van der Waals surface area contributed by atoms with Gasteiger partial charge >= 0.3 is 0 Å². The van der Waals surface area contributed by atoms with E-state index in [0.29, 0.717) is 22.2 Å². The molecule has 5 nitrogen and oxygen atoms in total. The molecule has 0 aliphatic carbocycles. The van der Waals surface area contributed by atoms with Gasteiger partial charge in [0.1, 0.15) is 6.04 Å². The average Bonchev–Trinajstić information content (AvgIpc) is 2.28. The SMILES string of the molecule is N#CC(NCCN=[N+]=[N-])c1cc(Cl)cc(Cl)c1. The van der Waals surface area contributed by atoms with Crippen molar-refractivity contribution in [3.63, 3.8) is 0 Å². The van der Waals surface area contributed by atoms with E-state index in [1.165, 1.54) is 0 Å². The van der Waals surface area contributed by atoms with Crippen LogP contribution in [0.5, 0.6) is 0 Å². The van der Waals surface area contributed by atoms with Gasteiger partial charge in [-0.05, 0) is 29.3 Å². The number of hydrogen-bond acceptors (Lipinski definition) is 3. The highest BCUT2D eigenvalue weighted by Crippen LogP contribution is 2.23. The lowest BCUT2D eigenvalue weighted by Crippen LogP contribution is -2.22. The van der Waals surface area contributed by atoms with Crippen LogP contribution < -0.4 is 5.32 Å². The average molecular weight is 270 g/mol. The molecule has 0 saturated heterocycles. The summed E-state index contributed by atoms with van der Waals surface area (Å²) in [6.45, 7) is 0.690. The summed E-state index contributed by atoms with van der Waals surface area (Å²) in [7, 11) is 0. The predicted molar refractivity (Wildman–Crippen MR) is 66.8 cm³/mol. The molecule has 0 aliphatic heterocycles. The Kier molecular flexibility index (Phi) is 5.61. The largest absolute Gasteiger partial charge is 0.298 e. The first-order valence-corrected chi connectivity index (χ1v) is 5.53. The fourth-order valence-corrected chi connectivity index (χ4v) is 1.83. The minimum absolute atomic E-state index is 0.281. The van der Waals surface area contributed by atoms with Crippen LogP contribution in [-0.4, -0.2) is 13.1 Å². The van der Waals surface area contributed by atoms with E-state index in [2.05, 4.69) is 21.4 Å². The van der Waals surface area contributed by atoms with E-state index in [0.717, 1.165) is 0 Å². The number of rotatable bonds is 5. The molecule has 0 spiro atoms. The third-order valence-corrected chi connectivity index (χ3v) is 2.41. The summed E-state index contributed by atoms with van der Waals surface area (Å²) in [6, 6.07) is 6.49. The lowest BCUT2D eigenvalue weighted by atomic mass is 10.1. The van der Waals surface area contributed by atoms with Crippen LogP contribution in [-0.2, 0) is 0 Å². The summed E-state index contributed by atoms with van der Waals surface area (Å²) in [4.78, 5) is 2.62. The molecule has 17 heavy (non-hydrogen) atoms. The Hall–Kier alpha value is -1.44. The van der Waals surface area contributed by atoms with Gasteiger partial charge < -0.3 is 0 Å². The molecular formula is C10H9Cl2N5. The Labute approximate surface area is 109 Å². The first-order chi connectivity index (χ1) is 8.17. The van der Waals surface area contributed by atoms with Crippen molar-refractivity contribution >= 4 is 23.2 Å². The number of nitrogens with one attached hydrogen (secondary N) is 1. The summed E-state index contributed by atoms with van der Waals surface area (Å²) in [6.07, 6.45) is 0. The maximum absolute atomic E-state index is 9.02. The number of nitriles is 1. The molecule has 7 heteroatoms. The summed E-state index contributed by atoms with van der Waals surface area (Å²) < 4.78 is 0. The monoisotopic (exact) mass is 269 g/mol. The summed E-state index contributed by atoms with van der Waals surface area (Å²) in [5, 5.41) is 16.3. The van der Waals surface area contributed by atoms with Crippen LogP contribution in [0.25, 0.3) is 10.4 Å². The van der Waals surface area contributed by atoms with Crippen LogP contribution in [0.4, 0.5) is 0 Å². The second-order valence-corrected chi connectivity index (χ2v) is 4.05. The molecule has 1 aromatic carbocycles. The topological polar surface area (TPSA) is 84.6 Å². The quantitative estimate of drug-likeness (QED) is 0.384. The maximum Gasteiger partial charge on any atom is 0.121 e. The Morgan fingerprint density at radius 3 is 2.59 bits per heavy atom. The second-order valence-electron chi connectivity index (χ2n) is 3.17. The van der Waals surface area contributed by atoms with Crippen LogP contribution in [0.3, 0.4) is 0 Å². The van der Waals surface area contributed by atoms with Crippen LogP contribution in [0.2, 0.25) is 10.0 Å². The number of nitrogens with zero attached hydrogens (tertiary/aromatic N) is 4. The van der Waals surface area contributed by atoms with Gasteiger partial charge in [-0.3, -0.25) is 5.32 Å². The van der Waals surface area contributed by atoms with Crippen molar-refractivity contribution in [3.05, 3.63) is 44.3 Å². The maximum atomic E-state index is 9.02. The van der Waals surface area contributed by atoms with Gasteiger partial charge in [0.15, 0.2) is 0 Å². The van der Waals surface area contributed by atoms with Gasteiger partial charge in [0.25, 0.3) is 0 Å². The highest BCUT2D eigenvalue weighted by molar-refractivity contribution is 6.34. The molecule has 0 aromatic heterocycles. The van der Waals surface area contributed by atoms with Gasteiger partial charge in [0.05, 0.1) is 6.07 Å². The van der Waals surface area contributed by atoms with E-state index < -0.39 is 6.04 Å². The van der Waals surface area contributed by atoms with Crippen molar-refractivity contribution in [1.82, 2.24) is 5.32 Å². The van der Waals surface area contributed by atoms with Gasteiger partial charge in [-0.15, -0.1) is 0 Å². The van der Waals surface area contributed by atoms with Crippen LogP contribution >= 0.6 is 23.2 Å². The summed E-state index contributed by atoms with van der Waals surface area (Å²) in [5.74, 6) is 0. The molecule has 88 valence electrons. The zero-order valence-electron chi connectivity index (χ0n) is 8.77. The normalized spacial score (nSPS) is 11.4. The van der Waals surface area contributed by atoms with Gasteiger partial charge in [0.2, 0.25) is 0 Å². The van der Waals surface area contributed by atoms with E-state index in [1.54, 1.807) is 18.2 Å². The molecular weight excluding hydrogens is 261 g/mol. The van der Waals surface area contributed by atoms with Crippen molar-refractivity contribution in [2.24, 2.45) is 5.11 Å². The lowest BCUT2D eigenvalue weighted by Gasteiger charge is -2.11. The van der Waals surface area contributed by atoms with Crippen molar-refractivity contribution in [2.75, 3.05) is 13.1 Å². The Balaban J connectivity index is 2.73. The number of hydrogen-bond donors (Lipinski definition) is 1. The molecule has 0 fully saturated rings. The third-order valence-electron chi connectivity index (χ3n) is 1.97. The smallest absolute Gasteiger partial charge is 0.121 e. The van der Waals surface area contributed by atoms with E-state index in [4.69, 9.17) is 34.0 Å². The molecule has 0 radical (unpaired) electrons. The Morgan fingerprint density at radius 2 is 2.06 bits per heavy atom. The first kappa shape index (κ1) is 13.6. The van der Waals surface area contributed by atoms with Crippen molar-refractivity contribution < 1.29 is 0 Å². The van der Waals surface area contributed by atoms with Gasteiger partial charge in [-0.2, -0.15) is 5.26 Å². The minimum atomic E-state index is -0.528. The third kappa shape index (κ3) is 4.51. The zero-order valence-corrected chi connectivity index (χ0v) is 10.3. The second kappa shape index (κ2) is 7.00. The molecule has 1 aromatic rings. The highest BCUT2D eigenvalue weighted by Gasteiger charge is 2.10. The molecule has 1 atom stereocenters. The van der Waals surface area contributed by atoms with Crippen molar-refractivity contribution in [1.29, 1.82) is 5.26 Å². The van der Waals surface area contributed by atoms with E-state index in [9.17, 15) is 0 Å². The minimum Gasteiger partial charge on any atom is -0.298 e. The molecule has 1 N–H and O–H groups in total. The lowest BCUT2D eigenvalue weighted by molar-refractivity contribution is 0.635. The zero-order chi connectivity index (χ0) is 12.7. The molecule has 0 amide bonds. The first-order valence-electron chi connectivity index (χ1n) is 4.77. The van der Waals surface area contributed by atoms with Crippen molar-refractivity contribution in [2.45, 2.75) is 6.04 Å². The predicted octanol–water partition coefficient (Wildman–Crippen LogP) is 3.46. The van der Waals surface area contributed by atoms with Crippen LogP contribution in [0.15, 0.2) is 23.3 Å². The number of azide groups is 1. The molecule has 0 saturated carbocycles. The molecule has 1 unspecified atom stereocenters. The van der Waals surface area contributed by atoms with Gasteiger partial charge in [0, 0.05) is 28.0 Å². The van der Waals surface area contributed by atoms with E-state index in [-0.39, 0.29) is 6.54 Å². The summed E-state index contributed by atoms with van der Waals surface area (Å²) >= 11 is 11.7. The molecule has 0 aliphatic rings. The standard InChI is InChI=1S/C10H9Cl2N5/c11-8-3-7(4-9(12)5-8)10(6-13)15-1-2-16-17-14/h3-5,10,15H,1-2H2. The number of benzene rings is 1. The molecule has 0 heterocycles. The van der Waals surface area contributed by atoms with Gasteiger partial charge in [-0.25, -0.2) is 0 Å². The van der Waals surface area contributed by atoms with Crippen molar-refractivity contribution in [3.8, 4) is 6.07 Å². The summed E-state index contributed by atoms with van der Waals surface area (Å²) in [5.41, 5.74) is 8.80. The Morgan fingerprint density at radius 1 is 1.41 bits per heavy atom. The van der Waals surface area contributed by atoms with Crippen LogP contribution in [0.1, 0.15) is 11.6 Å². The van der Waals surface area contributed by atoms with Crippen LogP contribution in [0, 0.1) is 11.3 Å².